The maximum absolute atomic E-state index is 16.2. The molecule has 0 spiro atoms. The second-order valence-corrected chi connectivity index (χ2v) is 16.5. The van der Waals surface area contributed by atoms with Gasteiger partial charge in [-0.1, -0.05) is 30.3 Å². The van der Waals surface area contributed by atoms with E-state index in [2.05, 4.69) is 0 Å². The summed E-state index contributed by atoms with van der Waals surface area (Å²) in [5.41, 5.74) is -0.311. The van der Waals surface area contributed by atoms with Crippen LogP contribution in [0.4, 0.5) is 28.4 Å². The molecule has 3 aromatic carbocycles. The molecule has 0 N–H and O–H groups in total. The number of likely N-dealkylation sites (tertiary alicyclic amines) is 2. The molecule has 0 saturated carbocycles. The average Bonchev–Trinajstić information content (AvgIpc) is 3.80. The van der Waals surface area contributed by atoms with E-state index in [1.165, 1.54) is 45.9 Å². The summed E-state index contributed by atoms with van der Waals surface area (Å²) in [6, 6.07) is 16.2. The Morgan fingerprint density at radius 3 is 2.26 bits per heavy atom. The fourth-order valence-corrected chi connectivity index (χ4v) is 7.81. The van der Waals surface area contributed by atoms with Gasteiger partial charge in [0.25, 0.3) is 11.6 Å². The smallest absolute Gasteiger partial charge is 0.415 e. The maximum Gasteiger partial charge on any atom is 0.415 e. The number of ether oxygens (including phenoxy) is 3. The number of nitrogens with zero attached hydrogens (tertiary/aromatic N) is 6. The van der Waals surface area contributed by atoms with E-state index >= 15 is 8.78 Å². The average molecular weight is 863 g/mol. The zero-order valence-corrected chi connectivity index (χ0v) is 35.0. The third-order valence-electron chi connectivity index (χ3n) is 10.7. The number of hydrogen-bond acceptors (Lipinski definition) is 10. The lowest BCUT2D eigenvalue weighted by Crippen LogP contribution is -2.50. The fourth-order valence-electron chi connectivity index (χ4n) is 7.81. The van der Waals surface area contributed by atoms with Gasteiger partial charge in [0, 0.05) is 69.5 Å². The summed E-state index contributed by atoms with van der Waals surface area (Å²) in [6.45, 7) is 7.31. The zero-order valence-electron chi connectivity index (χ0n) is 35.0. The summed E-state index contributed by atoms with van der Waals surface area (Å²) in [4.78, 5) is 73.0. The molecule has 0 bridgehead atoms. The first-order valence-corrected chi connectivity index (χ1v) is 20.2. The van der Waals surface area contributed by atoms with Gasteiger partial charge in [0.1, 0.15) is 35.0 Å². The van der Waals surface area contributed by atoms with E-state index < -0.39 is 76.4 Å². The molecule has 62 heavy (non-hydrogen) atoms. The summed E-state index contributed by atoms with van der Waals surface area (Å²) >= 11 is 0. The molecule has 15 nitrogen and oxygen atoms in total. The molecule has 2 aliphatic heterocycles. The molecular weight excluding hydrogens is 814 g/mol. The van der Waals surface area contributed by atoms with Crippen LogP contribution in [0.15, 0.2) is 79.0 Å². The zero-order chi connectivity index (χ0) is 44.9. The van der Waals surface area contributed by atoms with Crippen LogP contribution in [-0.2, 0) is 25.6 Å². The Morgan fingerprint density at radius 1 is 0.952 bits per heavy atom. The molecule has 18 heteroatoms. The molecule has 0 unspecified atom stereocenters. The number of nitro groups is 1. The standard InChI is InChI=1S/C44H49F3N6O9/c1-27(60-28(2)54)41(55)52(24-31-23-51(25-37(31)47)43(57)62-44(3,4)5)39(30-17-19-49(20-18-30)42(56)61-34-14-12-33(13-15-34)53(58)59)40-48-38(35-21-32(45)11-16-36(35)46)26-50(40)22-29-9-7-6-8-10-29/h6-16,21,26-27,30-31,37,39H,17-20,22-25H2,1-5H3/t27-,31-,37-,39+/m0/s1. The van der Waals surface area contributed by atoms with Crippen molar-refractivity contribution in [2.45, 2.75) is 77.9 Å². The molecule has 3 amide bonds. The van der Waals surface area contributed by atoms with Gasteiger partial charge in [-0.05, 0) is 82.3 Å². The second kappa shape index (κ2) is 19.1. The number of carbonyl (C=O) groups excluding carboxylic acids is 4. The van der Waals surface area contributed by atoms with Gasteiger partial charge in [0.15, 0.2) is 6.10 Å². The molecule has 4 atom stereocenters. The molecule has 0 aliphatic carbocycles. The van der Waals surface area contributed by atoms with Gasteiger partial charge in [0.05, 0.1) is 23.2 Å². The van der Waals surface area contributed by atoms with Crippen LogP contribution in [0.25, 0.3) is 11.3 Å². The van der Waals surface area contributed by atoms with Crippen LogP contribution in [0, 0.1) is 33.6 Å². The number of esters is 1. The highest BCUT2D eigenvalue weighted by molar-refractivity contribution is 5.83. The Kier molecular flexibility index (Phi) is 13.9. The van der Waals surface area contributed by atoms with E-state index in [0.717, 1.165) is 30.7 Å². The highest BCUT2D eigenvalue weighted by Crippen LogP contribution is 2.40. The predicted octanol–water partition coefficient (Wildman–Crippen LogP) is 7.72. The van der Waals surface area contributed by atoms with Gasteiger partial charge in [0.2, 0.25) is 0 Å². The molecule has 330 valence electrons. The first-order valence-electron chi connectivity index (χ1n) is 20.2. The molecule has 4 aromatic rings. The third kappa shape index (κ3) is 11.1. The van der Waals surface area contributed by atoms with Crippen LogP contribution in [0.5, 0.6) is 5.75 Å². The number of non-ortho nitro benzene ring substituents is 1. The minimum atomic E-state index is -1.60. The third-order valence-corrected chi connectivity index (χ3v) is 10.7. The number of amides is 3. The summed E-state index contributed by atoms with van der Waals surface area (Å²) in [6.07, 6.45) is -2.36. The Bertz CT molecular complexity index is 2260. The molecule has 2 aliphatic rings. The van der Waals surface area contributed by atoms with Crippen molar-refractivity contribution in [1.82, 2.24) is 24.3 Å². The highest BCUT2D eigenvalue weighted by Gasteiger charge is 2.45. The molecule has 1 aromatic heterocycles. The number of imidazole rings is 1. The fraction of sp³-hybridized carbons (Fsp3) is 0.432. The Labute approximate surface area is 356 Å². The molecule has 2 saturated heterocycles. The minimum absolute atomic E-state index is 0.0582. The quantitative estimate of drug-likeness (QED) is 0.0782. The van der Waals surface area contributed by atoms with Gasteiger partial charge in [-0.3, -0.25) is 19.7 Å². The lowest BCUT2D eigenvalue weighted by molar-refractivity contribution is -0.384. The van der Waals surface area contributed by atoms with Crippen LogP contribution >= 0.6 is 0 Å². The molecule has 0 radical (unpaired) electrons. The summed E-state index contributed by atoms with van der Waals surface area (Å²) in [5.74, 6) is -4.01. The van der Waals surface area contributed by atoms with Crippen LogP contribution in [0.3, 0.4) is 0 Å². The SMILES string of the molecule is CC(=O)O[C@@H](C)C(=O)N(C[C@@H]1CN(C(=O)OC(C)(C)C)C[C@@H]1F)[C@@H](c1nc(-c2cc(F)ccc2F)cn1Cc1ccccc1)C1CCN(C(=O)Oc2ccc([N+](=O)[O-])cc2)CC1. The Morgan fingerprint density at radius 2 is 1.63 bits per heavy atom. The number of rotatable bonds is 12. The van der Waals surface area contributed by atoms with Crippen molar-refractivity contribution >= 4 is 29.8 Å². The lowest BCUT2D eigenvalue weighted by atomic mass is 9.86. The summed E-state index contributed by atoms with van der Waals surface area (Å²) in [5, 5.41) is 11.1. The monoisotopic (exact) mass is 862 g/mol. The molecule has 3 heterocycles. The molecule has 2 fully saturated rings. The summed E-state index contributed by atoms with van der Waals surface area (Å²) in [7, 11) is 0. The topological polar surface area (TPSA) is 167 Å². The van der Waals surface area contributed by atoms with E-state index in [1.54, 1.807) is 31.5 Å². The Hall–Kier alpha value is -6.46. The number of benzene rings is 3. The van der Waals surface area contributed by atoms with E-state index in [-0.39, 0.29) is 80.6 Å². The van der Waals surface area contributed by atoms with E-state index in [0.29, 0.717) is 0 Å². The minimum Gasteiger partial charge on any atom is -0.453 e. The molecular formula is C44H49F3N6O9. The lowest BCUT2D eigenvalue weighted by Gasteiger charge is -2.42. The van der Waals surface area contributed by atoms with Gasteiger partial charge in [-0.15, -0.1) is 0 Å². The van der Waals surface area contributed by atoms with Gasteiger partial charge < -0.3 is 33.5 Å². The first kappa shape index (κ1) is 45.1. The number of nitro benzene ring substituents is 1. The highest BCUT2D eigenvalue weighted by atomic mass is 19.1. The van der Waals surface area contributed by atoms with Crippen molar-refractivity contribution in [2.75, 3.05) is 32.7 Å². The van der Waals surface area contributed by atoms with Crippen LogP contribution in [0.2, 0.25) is 0 Å². The van der Waals surface area contributed by atoms with Crippen molar-refractivity contribution in [1.29, 1.82) is 0 Å². The number of halogens is 3. The van der Waals surface area contributed by atoms with Gasteiger partial charge in [-0.25, -0.2) is 27.7 Å². The van der Waals surface area contributed by atoms with E-state index in [4.69, 9.17) is 19.2 Å². The maximum atomic E-state index is 16.2. The largest absolute Gasteiger partial charge is 0.453 e. The van der Waals surface area contributed by atoms with Crippen molar-refractivity contribution < 1.29 is 51.5 Å². The number of aromatic nitrogens is 2. The van der Waals surface area contributed by atoms with Crippen molar-refractivity contribution in [2.24, 2.45) is 11.8 Å². The van der Waals surface area contributed by atoms with Crippen LogP contribution < -0.4 is 4.74 Å². The molecule has 6 rings (SSSR count). The number of hydrogen-bond donors (Lipinski definition) is 0. The first-order chi connectivity index (χ1) is 29.4. The normalized spacial score (nSPS) is 17.9. The summed E-state index contributed by atoms with van der Waals surface area (Å²) < 4.78 is 64.4. The van der Waals surface area contributed by atoms with E-state index in [1.807, 2.05) is 30.3 Å². The van der Waals surface area contributed by atoms with E-state index in [9.17, 15) is 33.7 Å². The van der Waals surface area contributed by atoms with Crippen LogP contribution in [-0.4, -0.2) is 104 Å². The predicted molar refractivity (Wildman–Crippen MR) is 218 cm³/mol. The Balaban J connectivity index is 1.42. The van der Waals surface area contributed by atoms with Gasteiger partial charge in [-0.2, -0.15) is 0 Å². The number of alkyl halides is 1. The van der Waals surface area contributed by atoms with Crippen LogP contribution in [0.1, 0.15) is 64.9 Å². The van der Waals surface area contributed by atoms with Crippen molar-refractivity contribution in [3.05, 3.63) is 112 Å². The number of piperidine rings is 1. The number of carbonyl (C=O) groups is 4. The van der Waals surface area contributed by atoms with Gasteiger partial charge >= 0.3 is 18.2 Å². The van der Waals surface area contributed by atoms with Crippen molar-refractivity contribution in [3.8, 4) is 17.0 Å². The second-order valence-electron chi connectivity index (χ2n) is 16.5. The van der Waals surface area contributed by atoms with Crippen molar-refractivity contribution in [3.63, 3.8) is 0 Å².